The molecule has 0 unspecified atom stereocenters. The summed E-state index contributed by atoms with van der Waals surface area (Å²) in [6, 6.07) is 6.19. The summed E-state index contributed by atoms with van der Waals surface area (Å²) in [6.07, 6.45) is 0. The highest BCUT2D eigenvalue weighted by atomic mass is 35.5. The summed E-state index contributed by atoms with van der Waals surface area (Å²) in [6.45, 7) is 3.37. The molecule has 0 amide bonds. The minimum absolute atomic E-state index is 0.00914. The number of aryl methyl sites for hydroxylation is 2. The summed E-state index contributed by atoms with van der Waals surface area (Å²) in [7, 11) is -3.82. The molecule has 0 saturated heterocycles. The average molecular weight is 346 g/mol. The lowest BCUT2D eigenvalue weighted by molar-refractivity contribution is 0.600. The maximum Gasteiger partial charge on any atom is 0.262 e. The first kappa shape index (κ1) is 15.9. The maximum atomic E-state index is 12.5. The van der Waals surface area contributed by atoms with Crippen LogP contribution in [0.15, 0.2) is 29.2 Å². The molecule has 2 aromatic rings. The van der Waals surface area contributed by atoms with Crippen LogP contribution in [0.1, 0.15) is 11.1 Å². The van der Waals surface area contributed by atoms with Crippen molar-refractivity contribution in [3.8, 4) is 0 Å². The van der Waals surface area contributed by atoms with Crippen molar-refractivity contribution in [3.05, 3.63) is 45.7 Å². The van der Waals surface area contributed by atoms with E-state index in [2.05, 4.69) is 9.71 Å². The van der Waals surface area contributed by atoms with E-state index in [4.69, 9.17) is 28.9 Å². The van der Waals surface area contributed by atoms with E-state index < -0.39 is 10.0 Å². The zero-order valence-electron chi connectivity index (χ0n) is 11.3. The number of nitrogen functional groups attached to an aromatic ring is 1. The lowest BCUT2D eigenvalue weighted by Crippen LogP contribution is -2.16. The van der Waals surface area contributed by atoms with Gasteiger partial charge >= 0.3 is 0 Å². The highest BCUT2D eigenvalue weighted by Crippen LogP contribution is 2.29. The summed E-state index contributed by atoms with van der Waals surface area (Å²) in [5.41, 5.74) is 7.36. The number of nitrogens with zero attached hydrogens (tertiary/aromatic N) is 1. The summed E-state index contributed by atoms with van der Waals surface area (Å²) < 4.78 is 27.4. The second-order valence-electron chi connectivity index (χ2n) is 4.56. The summed E-state index contributed by atoms with van der Waals surface area (Å²) >= 11 is 11.7. The second-order valence-corrected chi connectivity index (χ2v) is 6.95. The molecule has 0 atom stereocenters. The van der Waals surface area contributed by atoms with Crippen molar-refractivity contribution < 1.29 is 8.42 Å². The van der Waals surface area contributed by atoms with Gasteiger partial charge in [-0.1, -0.05) is 29.3 Å². The van der Waals surface area contributed by atoms with Crippen molar-refractivity contribution in [1.29, 1.82) is 0 Å². The molecule has 2 rings (SSSR count). The van der Waals surface area contributed by atoms with E-state index >= 15 is 0 Å². The highest BCUT2D eigenvalue weighted by molar-refractivity contribution is 7.92. The van der Waals surface area contributed by atoms with Crippen LogP contribution in [0, 0.1) is 13.8 Å². The normalized spacial score (nSPS) is 11.4. The van der Waals surface area contributed by atoms with Gasteiger partial charge in [-0.3, -0.25) is 4.72 Å². The molecule has 1 heterocycles. The van der Waals surface area contributed by atoms with Gasteiger partial charge in [0, 0.05) is 5.69 Å². The number of pyridine rings is 1. The van der Waals surface area contributed by atoms with Crippen molar-refractivity contribution in [2.45, 2.75) is 18.7 Å². The molecule has 0 saturated carbocycles. The van der Waals surface area contributed by atoms with Crippen LogP contribution >= 0.6 is 23.2 Å². The van der Waals surface area contributed by atoms with E-state index in [1.54, 1.807) is 26.0 Å². The molecular weight excluding hydrogens is 333 g/mol. The SMILES string of the molecule is Cc1ccc(N)cc1S(=O)(=O)Nc1c(C)cc(Cl)nc1Cl. The number of nitrogens with one attached hydrogen (secondary N) is 1. The van der Waals surface area contributed by atoms with Crippen LogP contribution in [-0.4, -0.2) is 13.4 Å². The van der Waals surface area contributed by atoms with E-state index in [0.29, 0.717) is 16.8 Å². The van der Waals surface area contributed by atoms with Crippen molar-refractivity contribution in [3.63, 3.8) is 0 Å². The lowest BCUT2D eigenvalue weighted by atomic mass is 10.2. The fraction of sp³-hybridized carbons (Fsp3) is 0.154. The summed E-state index contributed by atoms with van der Waals surface area (Å²) in [5, 5.41) is 0.186. The number of hydrogen-bond donors (Lipinski definition) is 2. The molecule has 0 radical (unpaired) electrons. The van der Waals surface area contributed by atoms with Crippen molar-refractivity contribution in [1.82, 2.24) is 4.98 Å². The van der Waals surface area contributed by atoms with E-state index in [9.17, 15) is 8.42 Å². The predicted molar refractivity (Wildman–Crippen MR) is 85.4 cm³/mol. The quantitative estimate of drug-likeness (QED) is 0.659. The molecule has 5 nitrogen and oxygen atoms in total. The Morgan fingerprint density at radius 2 is 1.81 bits per heavy atom. The molecular formula is C13H13Cl2N3O2S. The molecule has 3 N–H and O–H groups in total. The zero-order valence-corrected chi connectivity index (χ0v) is 13.6. The first-order valence-corrected chi connectivity index (χ1v) is 8.16. The Morgan fingerprint density at radius 3 is 2.43 bits per heavy atom. The first-order valence-electron chi connectivity index (χ1n) is 5.92. The number of aromatic nitrogens is 1. The number of anilines is 2. The maximum absolute atomic E-state index is 12.5. The van der Waals surface area contributed by atoms with Gasteiger partial charge in [0.15, 0.2) is 5.15 Å². The molecule has 21 heavy (non-hydrogen) atoms. The first-order chi connectivity index (χ1) is 9.70. The smallest absolute Gasteiger partial charge is 0.262 e. The molecule has 112 valence electrons. The molecule has 0 aliphatic carbocycles. The van der Waals surface area contributed by atoms with Gasteiger partial charge in [0.25, 0.3) is 10.0 Å². The largest absolute Gasteiger partial charge is 0.399 e. The standard InChI is InChI=1S/C13H13Cl2N3O2S/c1-7-3-4-9(16)6-10(7)21(19,20)18-12-8(2)5-11(14)17-13(12)15/h3-6,18H,16H2,1-2H3. The third kappa shape index (κ3) is 3.40. The lowest BCUT2D eigenvalue weighted by Gasteiger charge is -2.14. The van der Waals surface area contributed by atoms with Crippen LogP contribution in [-0.2, 0) is 10.0 Å². The molecule has 0 fully saturated rings. The second kappa shape index (κ2) is 5.71. The minimum atomic E-state index is -3.82. The van der Waals surface area contributed by atoms with Gasteiger partial charge in [0.2, 0.25) is 0 Å². The Kier molecular flexibility index (Phi) is 4.32. The van der Waals surface area contributed by atoms with Crippen LogP contribution in [0.2, 0.25) is 10.3 Å². The van der Waals surface area contributed by atoms with Gasteiger partial charge in [-0.15, -0.1) is 0 Å². The fourth-order valence-electron chi connectivity index (χ4n) is 1.81. The van der Waals surface area contributed by atoms with Crippen LogP contribution in [0.5, 0.6) is 0 Å². The van der Waals surface area contributed by atoms with Crippen LogP contribution in [0.3, 0.4) is 0 Å². The molecule has 0 aliphatic rings. The monoisotopic (exact) mass is 345 g/mol. The van der Waals surface area contributed by atoms with Crippen molar-refractivity contribution in [2.24, 2.45) is 0 Å². The van der Waals surface area contributed by atoms with Crippen LogP contribution in [0.4, 0.5) is 11.4 Å². The third-order valence-corrected chi connectivity index (χ3v) is 4.84. The molecule has 8 heteroatoms. The van der Waals surface area contributed by atoms with Crippen molar-refractivity contribution >= 4 is 44.6 Å². The average Bonchev–Trinajstić information content (AvgIpc) is 2.36. The highest BCUT2D eigenvalue weighted by Gasteiger charge is 2.20. The molecule has 0 bridgehead atoms. The minimum Gasteiger partial charge on any atom is -0.399 e. The Morgan fingerprint density at radius 1 is 1.14 bits per heavy atom. The Hall–Kier alpha value is -1.50. The number of rotatable bonds is 3. The molecule has 0 aliphatic heterocycles. The summed E-state index contributed by atoms with van der Waals surface area (Å²) in [5.74, 6) is 0. The zero-order chi connectivity index (χ0) is 15.8. The van der Waals surface area contributed by atoms with E-state index in [1.165, 1.54) is 12.1 Å². The fourth-order valence-corrected chi connectivity index (χ4v) is 3.87. The van der Waals surface area contributed by atoms with Crippen LogP contribution < -0.4 is 10.5 Å². The molecule has 1 aromatic carbocycles. The van der Waals surface area contributed by atoms with Crippen molar-refractivity contribution in [2.75, 3.05) is 10.5 Å². The number of benzene rings is 1. The molecule has 1 aromatic heterocycles. The van der Waals surface area contributed by atoms with E-state index in [1.807, 2.05) is 0 Å². The number of nitrogens with two attached hydrogens (primary N) is 1. The molecule has 0 spiro atoms. The summed E-state index contributed by atoms with van der Waals surface area (Å²) in [4.78, 5) is 3.92. The third-order valence-electron chi connectivity index (χ3n) is 2.88. The topological polar surface area (TPSA) is 85.1 Å². The van der Waals surface area contributed by atoms with E-state index in [0.717, 1.165) is 0 Å². The predicted octanol–water partition coefficient (Wildman–Crippen LogP) is 3.39. The van der Waals surface area contributed by atoms with Crippen LogP contribution in [0.25, 0.3) is 0 Å². The van der Waals surface area contributed by atoms with Gasteiger partial charge in [0.1, 0.15) is 5.15 Å². The van der Waals surface area contributed by atoms with Gasteiger partial charge in [-0.2, -0.15) is 0 Å². The Balaban J connectivity index is 2.50. The van der Waals surface area contributed by atoms with Gasteiger partial charge in [-0.25, -0.2) is 13.4 Å². The Bertz CT molecular complexity index is 784. The number of hydrogen-bond acceptors (Lipinski definition) is 4. The van der Waals surface area contributed by atoms with Gasteiger partial charge < -0.3 is 5.73 Å². The van der Waals surface area contributed by atoms with E-state index in [-0.39, 0.29) is 20.9 Å². The van der Waals surface area contributed by atoms with Gasteiger partial charge in [-0.05, 0) is 43.2 Å². The Labute approximate surface area is 133 Å². The van der Waals surface area contributed by atoms with Gasteiger partial charge in [0.05, 0.1) is 10.6 Å². The number of sulfonamides is 1. The number of halogens is 2.